The Morgan fingerprint density at radius 3 is 1.92 bits per heavy atom. The second-order valence-electron chi connectivity index (χ2n) is 4.93. The molecule has 1 N–H and O–H groups in total. The van der Waals surface area contributed by atoms with Gasteiger partial charge in [0.15, 0.2) is 0 Å². The highest BCUT2D eigenvalue weighted by Gasteiger charge is 2.35. The number of likely N-dealkylation sites (tertiary alicyclic amines) is 1. The van der Waals surface area contributed by atoms with E-state index in [0.717, 1.165) is 6.04 Å². The van der Waals surface area contributed by atoms with Gasteiger partial charge in [-0.1, -0.05) is 6.42 Å². The average Bonchev–Trinajstić information content (AvgIpc) is 2.55. The van der Waals surface area contributed by atoms with Crippen molar-refractivity contribution in [1.29, 1.82) is 0 Å². The van der Waals surface area contributed by atoms with Crippen molar-refractivity contribution in [3.8, 4) is 0 Å². The van der Waals surface area contributed by atoms with E-state index in [1.807, 2.05) is 0 Å². The molecule has 0 radical (unpaired) electrons. The van der Waals surface area contributed by atoms with Gasteiger partial charge in [-0.2, -0.15) is 0 Å². The van der Waals surface area contributed by atoms with Gasteiger partial charge in [-0.3, -0.25) is 0 Å². The molecule has 1 aliphatic heterocycles. The minimum absolute atomic E-state index is 0. The van der Waals surface area contributed by atoms with Crippen molar-refractivity contribution >= 4 is 0 Å². The van der Waals surface area contributed by atoms with Crippen LogP contribution in [0.15, 0.2) is 0 Å². The van der Waals surface area contributed by atoms with Crippen LogP contribution in [0.25, 0.3) is 0 Å². The summed E-state index contributed by atoms with van der Waals surface area (Å²) < 4.78 is 1.42. The third kappa shape index (κ3) is 2.23. The maximum Gasteiger partial charge on any atom is 0.0888 e. The lowest BCUT2D eigenvalue weighted by Crippen LogP contribution is -2.50. The summed E-state index contributed by atoms with van der Waals surface area (Å²) in [6, 6.07) is 1.03. The zero-order valence-electron chi connectivity index (χ0n) is 8.84. The van der Waals surface area contributed by atoms with Crippen LogP contribution in [-0.2, 0) is 0 Å². The van der Waals surface area contributed by atoms with E-state index in [0.29, 0.717) is 0 Å². The predicted molar refractivity (Wildman–Crippen MR) is 54.0 cm³/mol. The minimum Gasteiger partial charge on any atom is -0.870 e. The van der Waals surface area contributed by atoms with E-state index in [1.165, 1.54) is 62.5 Å². The van der Waals surface area contributed by atoms with Gasteiger partial charge >= 0.3 is 0 Å². The van der Waals surface area contributed by atoms with E-state index in [9.17, 15) is 0 Å². The zero-order chi connectivity index (χ0) is 8.44. The summed E-state index contributed by atoms with van der Waals surface area (Å²) >= 11 is 0. The molecule has 2 nitrogen and oxygen atoms in total. The number of hydrogen-bond donors (Lipinski definition) is 0. The summed E-state index contributed by atoms with van der Waals surface area (Å²) in [7, 11) is 2.49. The van der Waals surface area contributed by atoms with E-state index < -0.39 is 0 Å². The van der Waals surface area contributed by atoms with Crippen LogP contribution in [0.3, 0.4) is 0 Å². The van der Waals surface area contributed by atoms with Gasteiger partial charge in [0.1, 0.15) is 0 Å². The van der Waals surface area contributed by atoms with Crippen LogP contribution in [0.4, 0.5) is 0 Å². The molecule has 1 heterocycles. The van der Waals surface area contributed by atoms with Gasteiger partial charge in [0.25, 0.3) is 0 Å². The minimum atomic E-state index is 0. The van der Waals surface area contributed by atoms with Crippen molar-refractivity contribution in [1.82, 2.24) is 0 Å². The van der Waals surface area contributed by atoms with Crippen LogP contribution in [0, 0.1) is 0 Å². The van der Waals surface area contributed by atoms with Crippen molar-refractivity contribution in [2.45, 2.75) is 51.0 Å². The molecule has 0 aromatic heterocycles. The first kappa shape index (κ1) is 11.0. The monoisotopic (exact) mass is 185 g/mol. The summed E-state index contributed by atoms with van der Waals surface area (Å²) in [4.78, 5) is 0. The zero-order valence-corrected chi connectivity index (χ0v) is 8.84. The molecule has 0 amide bonds. The predicted octanol–water partition coefficient (Wildman–Crippen LogP) is 2.38. The fraction of sp³-hybridized carbons (Fsp3) is 1.00. The second-order valence-corrected chi connectivity index (χ2v) is 4.93. The number of rotatable bonds is 1. The van der Waals surface area contributed by atoms with Gasteiger partial charge in [-0.05, 0) is 25.7 Å². The Labute approximate surface area is 81.8 Å². The SMILES string of the molecule is C[N+]1(C2CCCCC2)CCCC1.[OH-]. The van der Waals surface area contributed by atoms with Crippen LogP contribution in [0.2, 0.25) is 0 Å². The molecule has 0 unspecified atom stereocenters. The first-order valence-corrected chi connectivity index (χ1v) is 5.65. The molecule has 2 rings (SSSR count). The molecule has 2 aliphatic rings. The molecule has 0 aromatic carbocycles. The molecule has 1 saturated heterocycles. The van der Waals surface area contributed by atoms with E-state index in [1.54, 1.807) is 0 Å². The van der Waals surface area contributed by atoms with Gasteiger partial charge in [0, 0.05) is 12.8 Å². The average molecular weight is 185 g/mol. The third-order valence-electron chi connectivity index (χ3n) is 4.04. The van der Waals surface area contributed by atoms with Crippen LogP contribution in [0.1, 0.15) is 44.9 Å². The van der Waals surface area contributed by atoms with Crippen molar-refractivity contribution in [3.63, 3.8) is 0 Å². The van der Waals surface area contributed by atoms with Gasteiger partial charge in [0.05, 0.1) is 26.2 Å². The summed E-state index contributed by atoms with van der Waals surface area (Å²) in [5.41, 5.74) is 0. The van der Waals surface area contributed by atoms with E-state index in [-0.39, 0.29) is 5.48 Å². The Kier molecular flexibility index (Phi) is 3.74. The Hall–Kier alpha value is -0.0800. The first-order chi connectivity index (χ1) is 5.81. The Balaban J connectivity index is 0.000000845. The highest BCUT2D eigenvalue weighted by Crippen LogP contribution is 2.30. The van der Waals surface area contributed by atoms with E-state index >= 15 is 0 Å². The van der Waals surface area contributed by atoms with Crippen LogP contribution < -0.4 is 0 Å². The van der Waals surface area contributed by atoms with Crippen molar-refractivity contribution in [2.75, 3.05) is 20.1 Å². The highest BCUT2D eigenvalue weighted by atomic mass is 16.0. The Morgan fingerprint density at radius 1 is 0.846 bits per heavy atom. The summed E-state index contributed by atoms with van der Waals surface area (Å²) in [5, 5.41) is 0. The fourth-order valence-corrected chi connectivity index (χ4v) is 3.13. The highest BCUT2D eigenvalue weighted by molar-refractivity contribution is 4.68. The molecule has 1 aliphatic carbocycles. The lowest BCUT2D eigenvalue weighted by Gasteiger charge is -2.40. The molecule has 1 saturated carbocycles. The number of hydrogen-bond acceptors (Lipinski definition) is 1. The van der Waals surface area contributed by atoms with E-state index in [4.69, 9.17) is 0 Å². The molecule has 2 heteroatoms. The number of quaternary nitrogens is 1. The summed E-state index contributed by atoms with van der Waals surface area (Å²) in [6.45, 7) is 2.93. The standard InChI is InChI=1S/C11H22N.H2O/c1-12(9-5-6-10-12)11-7-3-2-4-8-11;/h11H,2-10H2,1H3;1H2/q+1;/p-1. The van der Waals surface area contributed by atoms with Crippen molar-refractivity contribution in [2.24, 2.45) is 0 Å². The van der Waals surface area contributed by atoms with E-state index in [2.05, 4.69) is 7.05 Å². The molecule has 78 valence electrons. The fourth-order valence-electron chi connectivity index (χ4n) is 3.13. The second kappa shape index (κ2) is 4.43. The largest absolute Gasteiger partial charge is 0.870 e. The van der Waals surface area contributed by atoms with Gasteiger partial charge in [-0.25, -0.2) is 0 Å². The maximum absolute atomic E-state index is 2.49. The molecular weight excluding hydrogens is 162 g/mol. The molecule has 0 spiro atoms. The quantitative estimate of drug-likeness (QED) is 0.577. The lowest BCUT2D eigenvalue weighted by atomic mass is 9.93. The molecule has 13 heavy (non-hydrogen) atoms. The van der Waals surface area contributed by atoms with Gasteiger partial charge in [0.2, 0.25) is 0 Å². The first-order valence-electron chi connectivity index (χ1n) is 5.65. The van der Waals surface area contributed by atoms with Gasteiger partial charge < -0.3 is 9.96 Å². The lowest BCUT2D eigenvalue weighted by molar-refractivity contribution is -0.923. The molecule has 0 aromatic rings. The molecule has 0 atom stereocenters. The van der Waals surface area contributed by atoms with Crippen molar-refractivity contribution < 1.29 is 9.96 Å². The van der Waals surface area contributed by atoms with Crippen LogP contribution in [-0.4, -0.2) is 36.1 Å². The van der Waals surface area contributed by atoms with Gasteiger partial charge in [-0.15, -0.1) is 0 Å². The topological polar surface area (TPSA) is 30.0 Å². The molecule has 2 fully saturated rings. The van der Waals surface area contributed by atoms with Crippen molar-refractivity contribution in [3.05, 3.63) is 0 Å². The smallest absolute Gasteiger partial charge is 0.0888 e. The summed E-state index contributed by atoms with van der Waals surface area (Å²) in [5.74, 6) is 0. The molecule has 0 bridgehead atoms. The Bertz CT molecular complexity index is 146. The van der Waals surface area contributed by atoms with Crippen LogP contribution >= 0.6 is 0 Å². The third-order valence-corrected chi connectivity index (χ3v) is 4.04. The normalized spacial score (nSPS) is 28.4. The molecular formula is C11H23NO. The Morgan fingerprint density at radius 2 is 1.38 bits per heavy atom. The van der Waals surface area contributed by atoms with Crippen LogP contribution in [0.5, 0.6) is 0 Å². The summed E-state index contributed by atoms with van der Waals surface area (Å²) in [6.07, 6.45) is 10.5. The maximum atomic E-state index is 2.49. The number of nitrogens with zero attached hydrogens (tertiary/aromatic N) is 1.